The van der Waals surface area contributed by atoms with Crippen LogP contribution in [0.25, 0.3) is 0 Å². The molecule has 3 rings (SSSR count). The molecule has 0 aromatic heterocycles. The fourth-order valence-corrected chi connectivity index (χ4v) is 3.02. The Kier molecular flexibility index (Phi) is 4.04. The molecular weight excluding hydrogens is 266 g/mol. The lowest BCUT2D eigenvalue weighted by Crippen LogP contribution is -2.48. The van der Waals surface area contributed by atoms with E-state index in [-0.39, 0.29) is 11.9 Å². The van der Waals surface area contributed by atoms with Gasteiger partial charge in [0.2, 0.25) is 5.78 Å². The van der Waals surface area contributed by atoms with Crippen molar-refractivity contribution in [3.8, 4) is 5.75 Å². The van der Waals surface area contributed by atoms with Crippen molar-refractivity contribution in [3.63, 3.8) is 0 Å². The molecule has 0 atom stereocenters. The van der Waals surface area contributed by atoms with Crippen molar-refractivity contribution in [1.82, 2.24) is 4.90 Å². The minimum absolute atomic E-state index is 0.179. The van der Waals surface area contributed by atoms with Crippen molar-refractivity contribution in [2.24, 2.45) is 0 Å². The maximum atomic E-state index is 12.1. The maximum absolute atomic E-state index is 12.1. The van der Waals surface area contributed by atoms with E-state index in [2.05, 4.69) is 0 Å². The van der Waals surface area contributed by atoms with Crippen molar-refractivity contribution in [1.29, 1.82) is 0 Å². The number of ketones is 1. The molecule has 0 bridgehead atoms. The van der Waals surface area contributed by atoms with Gasteiger partial charge in [0, 0.05) is 12.1 Å². The maximum Gasteiger partial charge on any atom is 0.295 e. The molecule has 0 N–H and O–H groups in total. The van der Waals surface area contributed by atoms with E-state index < -0.39 is 5.78 Å². The highest BCUT2D eigenvalue weighted by Crippen LogP contribution is 2.26. The fourth-order valence-electron chi connectivity index (χ4n) is 3.02. The molecule has 1 heterocycles. The summed E-state index contributed by atoms with van der Waals surface area (Å²) in [6.45, 7) is 0.393. The lowest BCUT2D eigenvalue weighted by molar-refractivity contribution is -0.145. The Morgan fingerprint density at radius 3 is 2.43 bits per heavy atom. The van der Waals surface area contributed by atoms with Crippen LogP contribution in [0.15, 0.2) is 42.2 Å². The van der Waals surface area contributed by atoms with Crippen LogP contribution in [0.2, 0.25) is 0 Å². The van der Waals surface area contributed by atoms with Gasteiger partial charge in [0.1, 0.15) is 11.5 Å². The normalized spacial score (nSPS) is 20.4. The Balaban J connectivity index is 1.75. The van der Waals surface area contributed by atoms with Gasteiger partial charge in [-0.15, -0.1) is 0 Å². The van der Waals surface area contributed by atoms with Gasteiger partial charge in [0.05, 0.1) is 6.54 Å². The lowest BCUT2D eigenvalue weighted by Gasteiger charge is -2.35. The van der Waals surface area contributed by atoms with Crippen LogP contribution in [-0.4, -0.2) is 29.2 Å². The minimum Gasteiger partial charge on any atom is -0.460 e. The molecule has 0 radical (unpaired) electrons. The second kappa shape index (κ2) is 6.12. The summed E-state index contributed by atoms with van der Waals surface area (Å²) in [5.74, 6) is 0.380. The molecule has 2 aliphatic rings. The van der Waals surface area contributed by atoms with Crippen molar-refractivity contribution >= 4 is 11.7 Å². The smallest absolute Gasteiger partial charge is 0.295 e. The topological polar surface area (TPSA) is 46.6 Å². The Labute approximate surface area is 124 Å². The van der Waals surface area contributed by atoms with Crippen molar-refractivity contribution < 1.29 is 14.3 Å². The van der Waals surface area contributed by atoms with Gasteiger partial charge in [0.25, 0.3) is 5.91 Å². The third-order valence-electron chi connectivity index (χ3n) is 4.10. The van der Waals surface area contributed by atoms with Gasteiger partial charge in [-0.3, -0.25) is 9.59 Å². The zero-order valence-corrected chi connectivity index (χ0v) is 12.0. The fraction of sp³-hybridized carbons (Fsp3) is 0.412. The Hall–Kier alpha value is -2.10. The average Bonchev–Trinajstić information content (AvgIpc) is 2.52. The third-order valence-corrected chi connectivity index (χ3v) is 4.10. The quantitative estimate of drug-likeness (QED) is 0.802. The molecule has 0 spiro atoms. The Bertz CT molecular complexity index is 559. The van der Waals surface area contributed by atoms with Gasteiger partial charge in [0.15, 0.2) is 0 Å². The van der Waals surface area contributed by atoms with E-state index in [1.807, 2.05) is 30.3 Å². The summed E-state index contributed by atoms with van der Waals surface area (Å²) in [6.07, 6.45) is 6.77. The summed E-state index contributed by atoms with van der Waals surface area (Å²) in [6, 6.07) is 9.53. The highest BCUT2D eigenvalue weighted by molar-refractivity contribution is 6.41. The molecule has 4 heteroatoms. The first-order valence-corrected chi connectivity index (χ1v) is 7.52. The molecule has 0 saturated heterocycles. The van der Waals surface area contributed by atoms with Gasteiger partial charge in [-0.2, -0.15) is 0 Å². The SMILES string of the molecule is O=C1C=C(Oc2ccccc2)CN(C2CCCCC2)C1=O. The number of hydrogen-bond donors (Lipinski definition) is 0. The highest BCUT2D eigenvalue weighted by atomic mass is 16.5. The first-order valence-electron chi connectivity index (χ1n) is 7.52. The van der Waals surface area contributed by atoms with Gasteiger partial charge < -0.3 is 9.64 Å². The number of amides is 1. The number of para-hydroxylation sites is 1. The van der Waals surface area contributed by atoms with Crippen LogP contribution >= 0.6 is 0 Å². The zero-order chi connectivity index (χ0) is 14.7. The largest absolute Gasteiger partial charge is 0.460 e. The number of rotatable bonds is 3. The van der Waals surface area contributed by atoms with E-state index in [1.54, 1.807) is 4.90 Å². The van der Waals surface area contributed by atoms with E-state index in [0.29, 0.717) is 18.1 Å². The van der Waals surface area contributed by atoms with Crippen LogP contribution in [0.1, 0.15) is 32.1 Å². The zero-order valence-electron chi connectivity index (χ0n) is 12.0. The highest BCUT2D eigenvalue weighted by Gasteiger charge is 2.33. The number of carbonyl (C=O) groups excluding carboxylic acids is 2. The molecule has 1 aromatic carbocycles. The second-order valence-electron chi connectivity index (χ2n) is 5.61. The van der Waals surface area contributed by atoms with Crippen LogP contribution in [0.3, 0.4) is 0 Å². The Morgan fingerprint density at radius 2 is 1.71 bits per heavy atom. The predicted octanol–water partition coefficient (Wildman–Crippen LogP) is 2.69. The summed E-state index contributed by atoms with van der Waals surface area (Å²) in [5, 5.41) is 0. The number of benzene rings is 1. The standard InChI is InChI=1S/C17H19NO3/c19-16-11-15(21-14-9-5-2-6-10-14)12-18(17(16)20)13-7-3-1-4-8-13/h2,5-6,9-11,13H,1,3-4,7-8,12H2. The molecule has 1 aliphatic carbocycles. The molecule has 4 nitrogen and oxygen atoms in total. The van der Waals surface area contributed by atoms with Crippen molar-refractivity contribution in [3.05, 3.63) is 42.2 Å². The molecule has 110 valence electrons. The molecular formula is C17H19NO3. The first-order chi connectivity index (χ1) is 10.2. The van der Waals surface area contributed by atoms with Crippen LogP contribution in [0, 0.1) is 0 Å². The number of hydrogen-bond acceptors (Lipinski definition) is 3. The Morgan fingerprint density at radius 1 is 1.00 bits per heavy atom. The van der Waals surface area contributed by atoms with Crippen LogP contribution in [-0.2, 0) is 9.59 Å². The molecule has 1 fully saturated rings. The molecule has 1 saturated carbocycles. The van der Waals surface area contributed by atoms with Crippen molar-refractivity contribution in [2.75, 3.05) is 6.54 Å². The van der Waals surface area contributed by atoms with Gasteiger partial charge in [-0.1, -0.05) is 37.5 Å². The molecule has 1 aromatic rings. The van der Waals surface area contributed by atoms with Gasteiger partial charge >= 0.3 is 0 Å². The molecule has 1 aliphatic heterocycles. The summed E-state index contributed by atoms with van der Waals surface area (Å²) in [4.78, 5) is 25.7. The number of nitrogens with zero attached hydrogens (tertiary/aromatic N) is 1. The lowest BCUT2D eigenvalue weighted by atomic mass is 9.93. The van der Waals surface area contributed by atoms with Crippen LogP contribution in [0.4, 0.5) is 0 Å². The summed E-state index contributed by atoms with van der Waals surface area (Å²) >= 11 is 0. The monoisotopic (exact) mass is 285 g/mol. The first kappa shape index (κ1) is 13.9. The summed E-state index contributed by atoms with van der Waals surface area (Å²) in [5.41, 5.74) is 0. The van der Waals surface area contributed by atoms with Crippen LogP contribution in [0.5, 0.6) is 5.75 Å². The second-order valence-corrected chi connectivity index (χ2v) is 5.61. The minimum atomic E-state index is -0.474. The predicted molar refractivity (Wildman–Crippen MR) is 78.7 cm³/mol. The van der Waals surface area contributed by atoms with Gasteiger partial charge in [-0.25, -0.2) is 0 Å². The summed E-state index contributed by atoms with van der Waals surface area (Å²) < 4.78 is 5.74. The summed E-state index contributed by atoms with van der Waals surface area (Å²) in [7, 11) is 0. The van der Waals surface area contributed by atoms with E-state index in [1.165, 1.54) is 12.5 Å². The average molecular weight is 285 g/mol. The number of ether oxygens (including phenoxy) is 1. The molecule has 21 heavy (non-hydrogen) atoms. The van der Waals surface area contributed by atoms with E-state index in [0.717, 1.165) is 25.7 Å². The van der Waals surface area contributed by atoms with Crippen molar-refractivity contribution in [2.45, 2.75) is 38.1 Å². The number of carbonyl (C=O) groups is 2. The van der Waals surface area contributed by atoms with Crippen LogP contribution < -0.4 is 4.74 Å². The van der Waals surface area contributed by atoms with Gasteiger partial charge in [-0.05, 0) is 25.0 Å². The van der Waals surface area contributed by atoms with E-state index >= 15 is 0 Å². The third kappa shape index (κ3) is 3.15. The van der Waals surface area contributed by atoms with E-state index in [9.17, 15) is 9.59 Å². The molecule has 1 amide bonds. The van der Waals surface area contributed by atoms with E-state index in [4.69, 9.17) is 4.74 Å². The molecule has 0 unspecified atom stereocenters.